The maximum atomic E-state index is 12.9. The first-order valence-electron chi connectivity index (χ1n) is 7.47. The molecule has 0 N–H and O–H groups in total. The summed E-state index contributed by atoms with van der Waals surface area (Å²) in [6, 6.07) is 16.5. The third kappa shape index (κ3) is 3.09. The first-order valence-corrected chi connectivity index (χ1v) is 8.28. The zero-order valence-electron chi connectivity index (χ0n) is 12.6. The van der Waals surface area contributed by atoms with Gasteiger partial charge in [-0.15, -0.1) is 10.2 Å². The molecule has 0 unspecified atom stereocenters. The Bertz CT molecular complexity index is 987. The second-order valence-corrected chi connectivity index (χ2v) is 6.29. The van der Waals surface area contributed by atoms with Crippen molar-refractivity contribution in [3.05, 3.63) is 82.4 Å². The van der Waals surface area contributed by atoms with Gasteiger partial charge in [-0.1, -0.05) is 59.9 Å². The second kappa shape index (κ2) is 6.33. The first-order chi connectivity index (χ1) is 11.8. The van der Waals surface area contributed by atoms with E-state index in [-0.39, 0.29) is 5.82 Å². The van der Waals surface area contributed by atoms with E-state index in [2.05, 4.69) is 27.4 Å². The molecule has 2 aromatic heterocycles. The maximum absolute atomic E-state index is 12.9. The fraction of sp³-hybridized carbons (Fsp3) is 0.0556. The van der Waals surface area contributed by atoms with Crippen LogP contribution in [-0.2, 0) is 6.42 Å². The van der Waals surface area contributed by atoms with Crippen molar-refractivity contribution in [3.63, 3.8) is 0 Å². The van der Waals surface area contributed by atoms with Gasteiger partial charge in [0, 0.05) is 6.42 Å². The van der Waals surface area contributed by atoms with Gasteiger partial charge in [-0.25, -0.2) is 4.39 Å². The van der Waals surface area contributed by atoms with Crippen LogP contribution in [0.3, 0.4) is 0 Å². The summed E-state index contributed by atoms with van der Waals surface area (Å²) in [7, 11) is 0. The van der Waals surface area contributed by atoms with Crippen molar-refractivity contribution in [3.8, 4) is 0 Å². The molecular formula is C18H13FN4S. The van der Waals surface area contributed by atoms with Crippen LogP contribution in [-0.4, -0.2) is 19.8 Å². The molecule has 0 saturated carbocycles. The molecule has 2 heterocycles. The zero-order chi connectivity index (χ0) is 16.4. The van der Waals surface area contributed by atoms with Gasteiger partial charge >= 0.3 is 0 Å². The SMILES string of the molecule is Fc1ccc(/C=C/c2nn3c(Cc4ccccc4)nnc3s2)cc1. The van der Waals surface area contributed by atoms with E-state index in [4.69, 9.17) is 0 Å². The molecule has 2 aromatic carbocycles. The molecule has 4 nitrogen and oxygen atoms in total. The summed E-state index contributed by atoms with van der Waals surface area (Å²) in [6.45, 7) is 0. The molecule has 4 rings (SSSR count). The summed E-state index contributed by atoms with van der Waals surface area (Å²) in [5.41, 5.74) is 2.09. The Morgan fingerprint density at radius 3 is 2.54 bits per heavy atom. The number of benzene rings is 2. The summed E-state index contributed by atoms with van der Waals surface area (Å²) < 4.78 is 14.7. The van der Waals surface area contributed by atoms with Gasteiger partial charge in [0.2, 0.25) is 4.96 Å². The highest BCUT2D eigenvalue weighted by molar-refractivity contribution is 7.17. The highest BCUT2D eigenvalue weighted by atomic mass is 32.1. The molecule has 0 radical (unpaired) electrons. The molecule has 0 fully saturated rings. The first kappa shape index (κ1) is 14.7. The highest BCUT2D eigenvalue weighted by Gasteiger charge is 2.10. The number of fused-ring (bicyclic) bond motifs is 1. The average molecular weight is 336 g/mol. The fourth-order valence-electron chi connectivity index (χ4n) is 2.37. The Balaban J connectivity index is 1.58. The van der Waals surface area contributed by atoms with Crippen LogP contribution < -0.4 is 0 Å². The van der Waals surface area contributed by atoms with Gasteiger partial charge in [0.15, 0.2) is 5.82 Å². The van der Waals surface area contributed by atoms with Gasteiger partial charge in [0.1, 0.15) is 10.8 Å². The molecule has 0 atom stereocenters. The highest BCUT2D eigenvalue weighted by Crippen LogP contribution is 2.18. The van der Waals surface area contributed by atoms with Crippen LogP contribution in [0.2, 0.25) is 0 Å². The number of aromatic nitrogens is 4. The molecule has 0 amide bonds. The number of nitrogens with zero attached hydrogens (tertiary/aromatic N) is 4. The predicted molar refractivity (Wildman–Crippen MR) is 93.2 cm³/mol. The van der Waals surface area contributed by atoms with E-state index < -0.39 is 0 Å². The van der Waals surface area contributed by atoms with E-state index in [0.29, 0.717) is 6.42 Å². The van der Waals surface area contributed by atoms with Crippen LogP contribution in [0.4, 0.5) is 4.39 Å². The molecule has 0 aliphatic heterocycles. The number of hydrogen-bond donors (Lipinski definition) is 0. The topological polar surface area (TPSA) is 43.1 Å². The van der Waals surface area contributed by atoms with E-state index >= 15 is 0 Å². The molecule has 0 aliphatic rings. The maximum Gasteiger partial charge on any atom is 0.234 e. The standard InChI is InChI=1S/C18H13FN4S/c19-15-9-6-13(7-10-15)8-11-17-22-23-16(20-21-18(23)24-17)12-14-4-2-1-3-5-14/h1-11H,12H2/b11-8+. The number of halogens is 1. The summed E-state index contributed by atoms with van der Waals surface area (Å²) in [4.78, 5) is 0.764. The minimum Gasteiger partial charge on any atom is -0.207 e. The summed E-state index contributed by atoms with van der Waals surface area (Å²) in [5, 5.41) is 13.8. The Hall–Kier alpha value is -2.86. The zero-order valence-corrected chi connectivity index (χ0v) is 13.4. The van der Waals surface area contributed by atoms with Gasteiger partial charge in [-0.3, -0.25) is 0 Å². The number of rotatable bonds is 4. The van der Waals surface area contributed by atoms with Crippen molar-refractivity contribution in [2.24, 2.45) is 0 Å². The van der Waals surface area contributed by atoms with Gasteiger partial charge in [-0.05, 0) is 29.3 Å². The van der Waals surface area contributed by atoms with Crippen molar-refractivity contribution in [1.29, 1.82) is 0 Å². The molecule has 0 saturated heterocycles. The third-order valence-electron chi connectivity index (χ3n) is 3.56. The Morgan fingerprint density at radius 1 is 0.958 bits per heavy atom. The minimum absolute atomic E-state index is 0.239. The van der Waals surface area contributed by atoms with E-state index in [0.717, 1.165) is 21.4 Å². The van der Waals surface area contributed by atoms with E-state index in [1.807, 2.05) is 30.4 Å². The molecule has 118 valence electrons. The van der Waals surface area contributed by atoms with Crippen molar-refractivity contribution in [2.75, 3.05) is 0 Å². The Morgan fingerprint density at radius 2 is 1.75 bits per heavy atom. The van der Waals surface area contributed by atoms with Crippen LogP contribution in [0.15, 0.2) is 54.6 Å². The van der Waals surface area contributed by atoms with E-state index in [1.54, 1.807) is 16.6 Å². The molecule has 24 heavy (non-hydrogen) atoms. The summed E-state index contributed by atoms with van der Waals surface area (Å²) in [6.07, 6.45) is 4.49. The van der Waals surface area contributed by atoms with Gasteiger partial charge < -0.3 is 0 Å². The molecular weight excluding hydrogens is 323 g/mol. The van der Waals surface area contributed by atoms with Crippen LogP contribution in [0.25, 0.3) is 17.1 Å². The van der Waals surface area contributed by atoms with Crippen LogP contribution >= 0.6 is 11.3 Å². The lowest BCUT2D eigenvalue weighted by atomic mass is 10.1. The van der Waals surface area contributed by atoms with E-state index in [9.17, 15) is 4.39 Å². The Kier molecular flexibility index (Phi) is 3.88. The quantitative estimate of drug-likeness (QED) is 0.564. The molecule has 0 spiro atoms. The van der Waals surface area contributed by atoms with Crippen molar-refractivity contribution in [2.45, 2.75) is 6.42 Å². The lowest BCUT2D eigenvalue weighted by Gasteiger charge is -1.97. The third-order valence-corrected chi connectivity index (χ3v) is 4.43. The van der Waals surface area contributed by atoms with Crippen molar-refractivity contribution < 1.29 is 4.39 Å². The van der Waals surface area contributed by atoms with Crippen molar-refractivity contribution >= 4 is 28.4 Å². The molecule has 0 bridgehead atoms. The lowest BCUT2D eigenvalue weighted by Crippen LogP contribution is -1.97. The summed E-state index contributed by atoms with van der Waals surface area (Å²) in [5.74, 6) is 0.574. The normalized spacial score (nSPS) is 11.5. The van der Waals surface area contributed by atoms with Gasteiger partial charge in [-0.2, -0.15) is 9.61 Å². The second-order valence-electron chi connectivity index (χ2n) is 5.30. The van der Waals surface area contributed by atoms with Gasteiger partial charge in [0.05, 0.1) is 0 Å². The predicted octanol–water partition coefficient (Wildman–Crippen LogP) is 4.09. The largest absolute Gasteiger partial charge is 0.234 e. The van der Waals surface area contributed by atoms with Crippen LogP contribution in [0.5, 0.6) is 0 Å². The summed E-state index contributed by atoms with van der Waals surface area (Å²) >= 11 is 1.47. The van der Waals surface area contributed by atoms with Gasteiger partial charge in [0.25, 0.3) is 0 Å². The van der Waals surface area contributed by atoms with Crippen molar-refractivity contribution in [1.82, 2.24) is 19.8 Å². The lowest BCUT2D eigenvalue weighted by molar-refractivity contribution is 0.628. The number of hydrogen-bond acceptors (Lipinski definition) is 4. The smallest absolute Gasteiger partial charge is 0.207 e. The Labute approximate surface area is 141 Å². The average Bonchev–Trinajstić information content (AvgIpc) is 3.17. The molecule has 0 aliphatic carbocycles. The van der Waals surface area contributed by atoms with Crippen LogP contribution in [0, 0.1) is 5.82 Å². The van der Waals surface area contributed by atoms with Crippen LogP contribution in [0.1, 0.15) is 22.0 Å². The van der Waals surface area contributed by atoms with E-state index in [1.165, 1.54) is 29.0 Å². The monoisotopic (exact) mass is 336 g/mol. The minimum atomic E-state index is -0.239. The molecule has 6 heteroatoms. The molecule has 4 aromatic rings. The fourth-order valence-corrected chi connectivity index (χ4v) is 3.13.